The summed E-state index contributed by atoms with van der Waals surface area (Å²) in [7, 11) is 0. The number of carbonyl (C=O) groups is 1. The molecule has 0 amide bonds. The van der Waals surface area contributed by atoms with Gasteiger partial charge in [-0.3, -0.25) is 0 Å². The molecular formula is C14H13F2NO2. The van der Waals surface area contributed by atoms with Crippen LogP contribution in [0.25, 0.3) is 6.08 Å². The average Bonchev–Trinajstić information content (AvgIpc) is 2.34. The van der Waals surface area contributed by atoms with E-state index in [-0.39, 0.29) is 17.8 Å². The lowest BCUT2D eigenvalue weighted by Crippen LogP contribution is -2.25. The Bertz CT molecular complexity index is 524. The van der Waals surface area contributed by atoms with E-state index in [4.69, 9.17) is 11.5 Å². The standard InChI is InChI=1S/C14H13F2NO2/c1-3-7-17(4-2)14-11(15)8-10(9-12(14)16)5-6-13(18)19/h1,5-6,8-9H,4,7H2,2H3,(H,18,19)/b6-5+. The van der Waals surface area contributed by atoms with Gasteiger partial charge in [0.1, 0.15) is 17.3 Å². The molecule has 1 rings (SSSR count). The smallest absolute Gasteiger partial charge is 0.328 e. The van der Waals surface area contributed by atoms with E-state index in [0.717, 1.165) is 24.3 Å². The SMILES string of the molecule is C#CCN(CC)c1c(F)cc(/C=C/C(=O)O)cc1F. The predicted octanol–water partition coefficient (Wildman–Crippen LogP) is 2.52. The molecule has 0 saturated heterocycles. The predicted molar refractivity (Wildman–Crippen MR) is 69.7 cm³/mol. The molecule has 0 atom stereocenters. The van der Waals surface area contributed by atoms with Gasteiger partial charge >= 0.3 is 5.97 Å². The second-order valence-corrected chi connectivity index (χ2v) is 3.72. The molecule has 19 heavy (non-hydrogen) atoms. The molecule has 0 aliphatic rings. The van der Waals surface area contributed by atoms with Gasteiger partial charge in [-0.25, -0.2) is 13.6 Å². The van der Waals surface area contributed by atoms with Crippen molar-refractivity contribution in [3.8, 4) is 12.3 Å². The van der Waals surface area contributed by atoms with Crippen molar-refractivity contribution in [2.45, 2.75) is 6.92 Å². The summed E-state index contributed by atoms with van der Waals surface area (Å²) >= 11 is 0. The van der Waals surface area contributed by atoms with Crippen LogP contribution in [0.15, 0.2) is 18.2 Å². The molecule has 0 saturated carbocycles. The Hall–Kier alpha value is -2.35. The Morgan fingerprint density at radius 2 is 2.05 bits per heavy atom. The summed E-state index contributed by atoms with van der Waals surface area (Å²) in [4.78, 5) is 11.7. The van der Waals surface area contributed by atoms with Gasteiger partial charge in [-0.05, 0) is 30.7 Å². The zero-order valence-electron chi connectivity index (χ0n) is 10.4. The fourth-order valence-electron chi connectivity index (χ4n) is 1.61. The van der Waals surface area contributed by atoms with E-state index < -0.39 is 17.6 Å². The highest BCUT2D eigenvalue weighted by molar-refractivity contribution is 5.85. The fourth-order valence-corrected chi connectivity index (χ4v) is 1.61. The first-order valence-corrected chi connectivity index (χ1v) is 5.58. The molecule has 1 aromatic rings. The molecule has 0 aliphatic heterocycles. The number of anilines is 1. The van der Waals surface area contributed by atoms with Crippen molar-refractivity contribution in [2.24, 2.45) is 0 Å². The van der Waals surface area contributed by atoms with Crippen LogP contribution in [-0.4, -0.2) is 24.2 Å². The van der Waals surface area contributed by atoms with Crippen molar-refractivity contribution < 1.29 is 18.7 Å². The molecule has 0 aliphatic carbocycles. The minimum atomic E-state index is -1.19. The van der Waals surface area contributed by atoms with Gasteiger partial charge in [-0.1, -0.05) is 5.92 Å². The number of hydrogen-bond acceptors (Lipinski definition) is 2. The molecule has 1 aromatic carbocycles. The summed E-state index contributed by atoms with van der Waals surface area (Å²) in [6, 6.07) is 2.13. The number of carboxylic acids is 1. The van der Waals surface area contributed by atoms with Crippen LogP contribution >= 0.6 is 0 Å². The maximum Gasteiger partial charge on any atom is 0.328 e. The van der Waals surface area contributed by atoms with Crippen molar-refractivity contribution in [3.63, 3.8) is 0 Å². The van der Waals surface area contributed by atoms with E-state index in [1.807, 2.05) is 0 Å². The summed E-state index contributed by atoms with van der Waals surface area (Å²) < 4.78 is 27.7. The number of terminal acetylenes is 1. The van der Waals surface area contributed by atoms with Crippen LogP contribution in [-0.2, 0) is 4.79 Å². The number of hydrogen-bond donors (Lipinski definition) is 1. The number of aliphatic carboxylic acids is 1. The molecular weight excluding hydrogens is 252 g/mol. The van der Waals surface area contributed by atoms with E-state index in [1.165, 1.54) is 4.90 Å². The molecule has 100 valence electrons. The van der Waals surface area contributed by atoms with Crippen LogP contribution in [0.5, 0.6) is 0 Å². The second-order valence-electron chi connectivity index (χ2n) is 3.72. The largest absolute Gasteiger partial charge is 0.478 e. The molecule has 5 heteroatoms. The number of halogens is 2. The quantitative estimate of drug-likeness (QED) is 0.657. The molecule has 0 heterocycles. The first kappa shape index (κ1) is 14.7. The summed E-state index contributed by atoms with van der Waals surface area (Å²) in [6.45, 7) is 2.19. The van der Waals surface area contributed by atoms with Gasteiger partial charge < -0.3 is 10.0 Å². The first-order chi connectivity index (χ1) is 8.99. The van der Waals surface area contributed by atoms with Crippen LogP contribution in [0.4, 0.5) is 14.5 Å². The normalized spacial score (nSPS) is 10.4. The van der Waals surface area contributed by atoms with Crippen molar-refractivity contribution in [1.29, 1.82) is 0 Å². The first-order valence-electron chi connectivity index (χ1n) is 5.58. The summed E-state index contributed by atoms with van der Waals surface area (Å²) in [6.07, 6.45) is 7.07. The topological polar surface area (TPSA) is 40.5 Å². The van der Waals surface area contributed by atoms with Crippen molar-refractivity contribution in [2.75, 3.05) is 18.0 Å². The highest BCUT2D eigenvalue weighted by Crippen LogP contribution is 2.25. The zero-order chi connectivity index (χ0) is 14.4. The molecule has 0 spiro atoms. The molecule has 0 aromatic heterocycles. The van der Waals surface area contributed by atoms with E-state index in [9.17, 15) is 13.6 Å². The maximum absolute atomic E-state index is 13.9. The molecule has 1 N–H and O–H groups in total. The van der Waals surface area contributed by atoms with Gasteiger partial charge in [0, 0.05) is 12.6 Å². The summed E-state index contributed by atoms with van der Waals surface area (Å²) in [5.74, 6) is -0.412. The van der Waals surface area contributed by atoms with Gasteiger partial charge in [0.25, 0.3) is 0 Å². The van der Waals surface area contributed by atoms with Gasteiger partial charge in [0.05, 0.1) is 6.54 Å². The molecule has 0 radical (unpaired) electrons. The third-order valence-electron chi connectivity index (χ3n) is 2.44. The third-order valence-corrected chi connectivity index (χ3v) is 2.44. The van der Waals surface area contributed by atoms with Gasteiger partial charge in [-0.2, -0.15) is 0 Å². The fraction of sp³-hybridized carbons (Fsp3) is 0.214. The average molecular weight is 265 g/mol. The van der Waals surface area contributed by atoms with E-state index >= 15 is 0 Å². The minimum Gasteiger partial charge on any atom is -0.478 e. The number of carboxylic acid groups (broad SMARTS) is 1. The lowest BCUT2D eigenvalue weighted by molar-refractivity contribution is -0.131. The number of benzene rings is 1. The number of rotatable bonds is 5. The van der Waals surface area contributed by atoms with Gasteiger partial charge in [-0.15, -0.1) is 6.42 Å². The Morgan fingerprint density at radius 1 is 1.47 bits per heavy atom. The maximum atomic E-state index is 13.9. The molecule has 3 nitrogen and oxygen atoms in total. The molecule has 0 bridgehead atoms. The summed E-state index contributed by atoms with van der Waals surface area (Å²) in [5.41, 5.74) is -0.0640. The Morgan fingerprint density at radius 3 is 2.47 bits per heavy atom. The van der Waals surface area contributed by atoms with E-state index in [2.05, 4.69) is 5.92 Å². The van der Waals surface area contributed by atoms with Gasteiger partial charge in [0.2, 0.25) is 0 Å². The molecule has 0 unspecified atom stereocenters. The van der Waals surface area contributed by atoms with Crippen LogP contribution in [0.2, 0.25) is 0 Å². The van der Waals surface area contributed by atoms with Crippen LogP contribution in [0, 0.1) is 24.0 Å². The van der Waals surface area contributed by atoms with E-state index in [1.54, 1.807) is 6.92 Å². The third kappa shape index (κ3) is 3.81. The Kier molecular flexibility index (Phi) is 5.07. The van der Waals surface area contributed by atoms with Crippen molar-refractivity contribution in [3.05, 3.63) is 35.4 Å². The zero-order valence-corrected chi connectivity index (χ0v) is 10.4. The van der Waals surface area contributed by atoms with Crippen molar-refractivity contribution in [1.82, 2.24) is 0 Å². The molecule has 0 fully saturated rings. The highest BCUT2D eigenvalue weighted by atomic mass is 19.1. The van der Waals surface area contributed by atoms with Crippen LogP contribution in [0.3, 0.4) is 0 Å². The van der Waals surface area contributed by atoms with Crippen molar-refractivity contribution >= 4 is 17.7 Å². The van der Waals surface area contributed by atoms with Gasteiger partial charge in [0.15, 0.2) is 0 Å². The van der Waals surface area contributed by atoms with Crippen LogP contribution < -0.4 is 4.90 Å². The second kappa shape index (κ2) is 6.55. The number of nitrogens with zero attached hydrogens (tertiary/aromatic N) is 1. The minimum absolute atomic E-state index is 0.0919. The summed E-state index contributed by atoms with van der Waals surface area (Å²) in [5, 5.41) is 8.46. The lowest BCUT2D eigenvalue weighted by Gasteiger charge is -2.21. The Labute approximate surface area is 110 Å². The monoisotopic (exact) mass is 265 g/mol. The highest BCUT2D eigenvalue weighted by Gasteiger charge is 2.15. The lowest BCUT2D eigenvalue weighted by atomic mass is 10.1. The van der Waals surface area contributed by atoms with Crippen LogP contribution in [0.1, 0.15) is 12.5 Å². The Balaban J connectivity index is 3.17. The van der Waals surface area contributed by atoms with E-state index in [0.29, 0.717) is 6.54 Å².